The molecular formula is C29H31N2+. The molecule has 1 aliphatic carbocycles. The lowest BCUT2D eigenvalue weighted by Gasteiger charge is -2.49. The molecule has 2 aromatic heterocycles. The number of rotatable bonds is 1. The zero-order valence-electron chi connectivity index (χ0n) is 19.7. The summed E-state index contributed by atoms with van der Waals surface area (Å²) in [6.07, 6.45) is 4.07. The Bertz CT molecular complexity index is 1360. The highest BCUT2D eigenvalue weighted by Gasteiger charge is 2.48. The molecular weight excluding hydrogens is 376 g/mol. The summed E-state index contributed by atoms with van der Waals surface area (Å²) in [7, 11) is 2.15. The van der Waals surface area contributed by atoms with Crippen molar-refractivity contribution in [2.45, 2.75) is 52.4 Å². The predicted molar refractivity (Wildman–Crippen MR) is 129 cm³/mol. The molecule has 4 aromatic rings. The molecule has 0 amide bonds. The van der Waals surface area contributed by atoms with Crippen molar-refractivity contribution in [2.75, 3.05) is 0 Å². The van der Waals surface area contributed by atoms with Gasteiger partial charge in [0.2, 0.25) is 5.69 Å². The molecule has 5 rings (SSSR count). The van der Waals surface area contributed by atoms with Crippen LogP contribution in [-0.2, 0) is 17.9 Å². The minimum Gasteiger partial charge on any atom is -0.256 e. The van der Waals surface area contributed by atoms with Gasteiger partial charge in [-0.05, 0) is 59.4 Å². The molecule has 2 heteroatoms. The largest absolute Gasteiger partial charge is 0.256 e. The Labute approximate surface area is 185 Å². The zero-order valence-corrected chi connectivity index (χ0v) is 19.7. The van der Waals surface area contributed by atoms with Crippen LogP contribution in [-0.4, -0.2) is 4.98 Å². The van der Waals surface area contributed by atoms with Crippen LogP contribution in [0.4, 0.5) is 0 Å². The predicted octanol–water partition coefficient (Wildman–Crippen LogP) is 6.58. The van der Waals surface area contributed by atoms with E-state index < -0.39 is 0 Å². The number of fused-ring (bicyclic) bond motifs is 5. The van der Waals surface area contributed by atoms with Crippen molar-refractivity contribution in [3.05, 3.63) is 83.2 Å². The third kappa shape index (κ3) is 2.64. The summed E-state index contributed by atoms with van der Waals surface area (Å²) in [5.41, 5.74) is 11.8. The van der Waals surface area contributed by atoms with Crippen molar-refractivity contribution in [3.63, 3.8) is 0 Å². The third-order valence-corrected chi connectivity index (χ3v) is 7.86. The Kier molecular flexibility index (Phi) is 4.18. The summed E-state index contributed by atoms with van der Waals surface area (Å²) < 4.78 is 2.26. The molecule has 2 nitrogen and oxygen atoms in total. The fourth-order valence-corrected chi connectivity index (χ4v) is 5.51. The second-order valence-electron chi connectivity index (χ2n) is 10.2. The smallest absolute Gasteiger partial charge is 0.213 e. The number of hydrogen-bond acceptors (Lipinski definition) is 1. The Hall–Kier alpha value is -3.00. The van der Waals surface area contributed by atoms with Gasteiger partial charge in [-0.15, -0.1) is 0 Å². The second kappa shape index (κ2) is 6.50. The van der Waals surface area contributed by atoms with E-state index in [0.717, 1.165) is 5.52 Å². The molecule has 0 saturated heterocycles. The SMILES string of the molecule is Cc1cc[n+](C)c(-c2c(C)ccc3c2C(C)(C)C(C)(C)c2c-3ccc3ncccc23)c1. The maximum atomic E-state index is 4.66. The van der Waals surface area contributed by atoms with E-state index in [0.29, 0.717) is 0 Å². The van der Waals surface area contributed by atoms with E-state index in [9.17, 15) is 0 Å². The summed E-state index contributed by atoms with van der Waals surface area (Å²) in [6, 6.07) is 17.9. The van der Waals surface area contributed by atoms with Gasteiger partial charge < -0.3 is 0 Å². The van der Waals surface area contributed by atoms with E-state index in [1.54, 1.807) is 0 Å². The number of benzene rings is 2. The quantitative estimate of drug-likeness (QED) is 0.326. The zero-order chi connectivity index (χ0) is 22.1. The fourth-order valence-electron chi connectivity index (χ4n) is 5.51. The van der Waals surface area contributed by atoms with Gasteiger partial charge in [-0.3, -0.25) is 4.98 Å². The lowest BCUT2D eigenvalue weighted by Crippen LogP contribution is -2.45. The van der Waals surface area contributed by atoms with Gasteiger partial charge in [0.25, 0.3) is 0 Å². The van der Waals surface area contributed by atoms with E-state index in [2.05, 4.69) is 113 Å². The van der Waals surface area contributed by atoms with Crippen molar-refractivity contribution in [1.82, 2.24) is 4.98 Å². The van der Waals surface area contributed by atoms with Gasteiger partial charge in [-0.1, -0.05) is 52.0 Å². The van der Waals surface area contributed by atoms with Crippen LogP contribution in [0.5, 0.6) is 0 Å². The van der Waals surface area contributed by atoms with E-state index in [4.69, 9.17) is 0 Å². The lowest BCUT2D eigenvalue weighted by molar-refractivity contribution is -0.660. The van der Waals surface area contributed by atoms with Crippen LogP contribution in [0.25, 0.3) is 33.3 Å². The molecule has 0 radical (unpaired) electrons. The Morgan fingerprint density at radius 1 is 0.806 bits per heavy atom. The summed E-state index contributed by atoms with van der Waals surface area (Å²) in [5, 5.41) is 1.27. The lowest BCUT2D eigenvalue weighted by atomic mass is 9.53. The summed E-state index contributed by atoms with van der Waals surface area (Å²) in [5.74, 6) is 0. The van der Waals surface area contributed by atoms with Crippen LogP contribution in [0, 0.1) is 13.8 Å². The van der Waals surface area contributed by atoms with Gasteiger partial charge in [0.05, 0.1) is 11.1 Å². The Morgan fingerprint density at radius 3 is 2.26 bits per heavy atom. The average molecular weight is 408 g/mol. The number of aromatic nitrogens is 2. The molecule has 0 saturated carbocycles. The fraction of sp³-hybridized carbons (Fsp3) is 0.310. The molecule has 0 bridgehead atoms. The normalized spacial score (nSPS) is 16.1. The molecule has 0 aliphatic heterocycles. The molecule has 0 N–H and O–H groups in total. The minimum absolute atomic E-state index is 0.0667. The van der Waals surface area contributed by atoms with Gasteiger partial charge in [0.1, 0.15) is 7.05 Å². The van der Waals surface area contributed by atoms with Crippen molar-refractivity contribution in [3.8, 4) is 22.4 Å². The summed E-state index contributed by atoms with van der Waals surface area (Å²) in [6.45, 7) is 14.1. The topological polar surface area (TPSA) is 16.8 Å². The van der Waals surface area contributed by atoms with Gasteiger partial charge in [0.15, 0.2) is 6.20 Å². The molecule has 0 fully saturated rings. The first kappa shape index (κ1) is 19.9. The van der Waals surface area contributed by atoms with Crippen LogP contribution in [0.1, 0.15) is 49.9 Å². The van der Waals surface area contributed by atoms with E-state index in [1.807, 2.05) is 6.20 Å². The van der Waals surface area contributed by atoms with E-state index >= 15 is 0 Å². The third-order valence-electron chi connectivity index (χ3n) is 7.86. The minimum atomic E-state index is -0.0719. The van der Waals surface area contributed by atoms with Crippen LogP contribution < -0.4 is 4.57 Å². The second-order valence-corrected chi connectivity index (χ2v) is 10.2. The maximum absolute atomic E-state index is 4.66. The molecule has 0 spiro atoms. The summed E-state index contributed by atoms with van der Waals surface area (Å²) >= 11 is 0. The van der Waals surface area contributed by atoms with Crippen molar-refractivity contribution in [2.24, 2.45) is 7.05 Å². The number of nitrogens with zero attached hydrogens (tertiary/aromatic N) is 2. The van der Waals surface area contributed by atoms with Gasteiger partial charge >= 0.3 is 0 Å². The van der Waals surface area contributed by atoms with E-state index in [1.165, 1.54) is 50.0 Å². The Morgan fingerprint density at radius 2 is 1.48 bits per heavy atom. The molecule has 156 valence electrons. The number of aryl methyl sites for hydroxylation is 3. The summed E-state index contributed by atoms with van der Waals surface area (Å²) in [4.78, 5) is 4.66. The molecule has 2 heterocycles. The number of pyridine rings is 2. The standard InChI is InChI=1S/C29H31N2/c1-18-14-16-31(7)24(17-18)25-19(2)10-11-21-20-12-13-23-22(9-8-15-30-23)26(20)28(3,4)29(5,6)27(21)25/h8-17H,1-7H3/q+1. The van der Waals surface area contributed by atoms with Crippen LogP contribution in [0.2, 0.25) is 0 Å². The molecule has 31 heavy (non-hydrogen) atoms. The van der Waals surface area contributed by atoms with Crippen molar-refractivity contribution in [1.29, 1.82) is 0 Å². The monoisotopic (exact) mass is 407 g/mol. The van der Waals surface area contributed by atoms with Crippen LogP contribution >= 0.6 is 0 Å². The van der Waals surface area contributed by atoms with Gasteiger partial charge in [-0.2, -0.15) is 0 Å². The highest BCUT2D eigenvalue weighted by Crippen LogP contribution is 2.57. The maximum Gasteiger partial charge on any atom is 0.213 e. The molecule has 0 unspecified atom stereocenters. The molecule has 1 aliphatic rings. The Balaban J connectivity index is 1.97. The first-order valence-electron chi connectivity index (χ1n) is 11.1. The molecule has 2 aromatic carbocycles. The van der Waals surface area contributed by atoms with Gasteiger partial charge in [-0.25, -0.2) is 4.57 Å². The van der Waals surface area contributed by atoms with Crippen LogP contribution in [0.3, 0.4) is 0 Å². The number of hydrogen-bond donors (Lipinski definition) is 0. The molecule has 0 atom stereocenters. The van der Waals surface area contributed by atoms with Crippen molar-refractivity contribution < 1.29 is 4.57 Å². The average Bonchev–Trinajstić information content (AvgIpc) is 2.73. The van der Waals surface area contributed by atoms with E-state index in [-0.39, 0.29) is 10.8 Å². The highest BCUT2D eigenvalue weighted by atomic mass is 14.9. The highest BCUT2D eigenvalue weighted by molar-refractivity contribution is 5.95. The van der Waals surface area contributed by atoms with Gasteiger partial charge in [0, 0.05) is 34.5 Å². The first-order valence-corrected chi connectivity index (χ1v) is 11.1. The van der Waals surface area contributed by atoms with Crippen LogP contribution in [0.15, 0.2) is 60.9 Å². The first-order chi connectivity index (χ1) is 14.6. The van der Waals surface area contributed by atoms with Crippen molar-refractivity contribution >= 4 is 10.9 Å².